The summed E-state index contributed by atoms with van der Waals surface area (Å²) in [6, 6.07) is 0. The highest BCUT2D eigenvalue weighted by Gasteiger charge is 2.63. The van der Waals surface area contributed by atoms with Crippen molar-refractivity contribution in [1.82, 2.24) is 26.8 Å². The summed E-state index contributed by atoms with van der Waals surface area (Å²) in [4.78, 5) is 0. The van der Waals surface area contributed by atoms with Gasteiger partial charge in [0.2, 0.25) is 7.98 Å². The third-order valence-corrected chi connectivity index (χ3v) is 6.48. The molecule has 5 N–H and O–H groups in total. The minimum Gasteiger partial charge on any atom is -0.438 e. The van der Waals surface area contributed by atoms with Crippen LogP contribution in [-0.4, -0.2) is 20.2 Å². The molecule has 0 aromatic heterocycles. The Morgan fingerprint density at radius 1 is 0.970 bits per heavy atom. The maximum atomic E-state index is 4.40. The molecule has 0 heterocycles. The minimum absolute atomic E-state index is 0.188. The summed E-state index contributed by atoms with van der Waals surface area (Å²) in [5.74, 6) is 0.584. The molecule has 7 heteroatoms. The van der Waals surface area contributed by atoms with E-state index >= 15 is 0 Å². The molecule has 0 spiro atoms. The van der Waals surface area contributed by atoms with Crippen LogP contribution in [0.15, 0.2) is 54.3 Å². The van der Waals surface area contributed by atoms with E-state index in [1.165, 1.54) is 6.42 Å². The zero-order chi connectivity index (χ0) is 25.3. The van der Waals surface area contributed by atoms with Gasteiger partial charge in [0.1, 0.15) is 5.82 Å². The number of hydrazine groups is 1. The van der Waals surface area contributed by atoms with Crippen LogP contribution in [0.25, 0.3) is 0 Å². The first kappa shape index (κ1) is 28.7. The normalized spacial score (nSPS) is 19.3. The number of allylic oxidation sites excluding steroid dienone is 2. The highest BCUT2D eigenvalue weighted by atomic mass is 15.5. The number of hydrazone groups is 1. The summed E-state index contributed by atoms with van der Waals surface area (Å²) in [5, 5.41) is 11.0. The topological polar surface area (TPSA) is 72.5 Å². The zero-order valence-electron chi connectivity index (χ0n) is 22.4. The van der Waals surface area contributed by atoms with Crippen molar-refractivity contribution >= 4 is 13.7 Å². The molecular formula is C26H49BN6. The SMILES string of the molecule is BNC(=C)CCCC/C(C)=N\NC(=C)NNC(=C)CCNC(=C)C1(CC(C)(C)C)CC1(C)C. The van der Waals surface area contributed by atoms with Gasteiger partial charge in [-0.2, -0.15) is 5.10 Å². The lowest BCUT2D eigenvalue weighted by atomic mass is 9.77. The second kappa shape index (κ2) is 12.2. The molecule has 186 valence electrons. The van der Waals surface area contributed by atoms with Gasteiger partial charge < -0.3 is 16.0 Å². The van der Waals surface area contributed by atoms with Crippen LogP contribution in [0.1, 0.15) is 86.5 Å². The molecule has 6 nitrogen and oxygen atoms in total. The summed E-state index contributed by atoms with van der Waals surface area (Å²) in [6.07, 6.45) is 7.25. The Hall–Kier alpha value is -2.31. The first-order chi connectivity index (χ1) is 15.2. The fourth-order valence-corrected chi connectivity index (χ4v) is 4.39. The van der Waals surface area contributed by atoms with Crippen LogP contribution in [0.4, 0.5) is 0 Å². The average Bonchev–Trinajstić information content (AvgIpc) is 3.26. The molecule has 1 saturated carbocycles. The van der Waals surface area contributed by atoms with Crippen molar-refractivity contribution in [2.45, 2.75) is 86.5 Å². The predicted molar refractivity (Wildman–Crippen MR) is 147 cm³/mol. The standard InChI is InChI=1S/C26H49BN6/c1-19(29-27)13-11-12-14-20(2)30-32-23(5)33-31-21(3)15-16-28-22(4)26(17-24(6,7)8)18-25(26,9)10/h28-29,31-33H,1,3-5,11-18,27H2,2,6-10H3/b30-20-. The van der Waals surface area contributed by atoms with E-state index in [1.807, 2.05) is 14.9 Å². The summed E-state index contributed by atoms with van der Waals surface area (Å²) >= 11 is 0. The van der Waals surface area contributed by atoms with Crippen molar-refractivity contribution in [3.8, 4) is 0 Å². The van der Waals surface area contributed by atoms with E-state index in [2.05, 4.69) is 92.9 Å². The Bertz CT molecular complexity index is 746. The van der Waals surface area contributed by atoms with Crippen molar-refractivity contribution in [3.05, 3.63) is 49.2 Å². The van der Waals surface area contributed by atoms with Gasteiger partial charge in [-0.3, -0.25) is 10.9 Å². The Morgan fingerprint density at radius 2 is 1.58 bits per heavy atom. The second-order valence-electron chi connectivity index (χ2n) is 11.4. The van der Waals surface area contributed by atoms with E-state index in [1.54, 1.807) is 0 Å². The van der Waals surface area contributed by atoms with Gasteiger partial charge in [-0.15, -0.1) is 0 Å². The van der Waals surface area contributed by atoms with Crippen molar-refractivity contribution in [1.29, 1.82) is 0 Å². The number of unbranched alkanes of at least 4 members (excludes halogenated alkanes) is 1. The molecule has 0 aliphatic heterocycles. The molecule has 1 rings (SSSR count). The molecule has 0 bridgehead atoms. The zero-order valence-corrected chi connectivity index (χ0v) is 22.4. The lowest BCUT2D eigenvalue weighted by Gasteiger charge is -2.31. The van der Waals surface area contributed by atoms with Gasteiger partial charge >= 0.3 is 0 Å². The van der Waals surface area contributed by atoms with Gasteiger partial charge in [0, 0.05) is 35.5 Å². The second-order valence-corrected chi connectivity index (χ2v) is 11.4. The Kier molecular flexibility index (Phi) is 10.7. The molecule has 1 aliphatic rings. The number of nitrogens with zero attached hydrogens (tertiary/aromatic N) is 1. The van der Waals surface area contributed by atoms with Gasteiger partial charge in [-0.1, -0.05) is 60.9 Å². The van der Waals surface area contributed by atoms with Crippen molar-refractivity contribution < 1.29 is 0 Å². The van der Waals surface area contributed by atoms with Crippen LogP contribution in [-0.2, 0) is 0 Å². The molecular weight excluding hydrogens is 407 g/mol. The van der Waals surface area contributed by atoms with Gasteiger partial charge in [-0.25, -0.2) is 0 Å². The number of hydrogen-bond acceptors (Lipinski definition) is 6. The number of nitrogens with one attached hydrogen (secondary N) is 5. The van der Waals surface area contributed by atoms with E-state index in [0.717, 1.165) is 67.9 Å². The van der Waals surface area contributed by atoms with Crippen LogP contribution in [0.3, 0.4) is 0 Å². The minimum atomic E-state index is 0.188. The third-order valence-electron chi connectivity index (χ3n) is 6.48. The molecule has 33 heavy (non-hydrogen) atoms. The lowest BCUT2D eigenvalue weighted by Crippen LogP contribution is -2.35. The van der Waals surface area contributed by atoms with Crippen LogP contribution in [0.5, 0.6) is 0 Å². The first-order valence-corrected chi connectivity index (χ1v) is 12.2. The number of rotatable bonds is 17. The van der Waals surface area contributed by atoms with E-state index in [9.17, 15) is 0 Å². The quantitative estimate of drug-likeness (QED) is 0.0959. The summed E-state index contributed by atoms with van der Waals surface area (Å²) in [6.45, 7) is 30.8. The lowest BCUT2D eigenvalue weighted by molar-refractivity contribution is 0.258. The van der Waals surface area contributed by atoms with Crippen molar-refractivity contribution in [3.63, 3.8) is 0 Å². The summed E-state index contributed by atoms with van der Waals surface area (Å²) in [5.41, 5.74) is 14.0. The molecule has 0 saturated heterocycles. The highest BCUT2D eigenvalue weighted by molar-refractivity contribution is 6.05. The number of hydrogen-bond donors (Lipinski definition) is 5. The summed E-state index contributed by atoms with van der Waals surface area (Å²) in [7, 11) is 1.91. The van der Waals surface area contributed by atoms with E-state index in [-0.39, 0.29) is 10.8 Å². The van der Waals surface area contributed by atoms with Crippen LogP contribution < -0.4 is 26.8 Å². The average molecular weight is 457 g/mol. The highest BCUT2D eigenvalue weighted by Crippen LogP contribution is 2.70. The monoisotopic (exact) mass is 456 g/mol. The molecule has 1 unspecified atom stereocenters. The first-order valence-electron chi connectivity index (χ1n) is 12.2. The van der Waals surface area contributed by atoms with E-state index in [0.29, 0.717) is 11.2 Å². The van der Waals surface area contributed by atoms with Crippen LogP contribution in [0.2, 0.25) is 0 Å². The van der Waals surface area contributed by atoms with Gasteiger partial charge in [-0.05, 0) is 62.0 Å². The fraction of sp³-hybridized carbons (Fsp3) is 0.654. The Balaban J connectivity index is 2.27. The molecule has 1 fully saturated rings. The smallest absolute Gasteiger partial charge is 0.213 e. The molecule has 0 radical (unpaired) electrons. The molecule has 0 amide bonds. The largest absolute Gasteiger partial charge is 0.438 e. The van der Waals surface area contributed by atoms with Gasteiger partial charge in [0.25, 0.3) is 0 Å². The van der Waals surface area contributed by atoms with Gasteiger partial charge in [0.05, 0.1) is 0 Å². The van der Waals surface area contributed by atoms with Crippen LogP contribution >= 0.6 is 0 Å². The van der Waals surface area contributed by atoms with E-state index < -0.39 is 0 Å². The predicted octanol–water partition coefficient (Wildman–Crippen LogP) is 4.59. The molecule has 1 aliphatic carbocycles. The maximum Gasteiger partial charge on any atom is 0.213 e. The van der Waals surface area contributed by atoms with Crippen molar-refractivity contribution in [2.75, 3.05) is 6.54 Å². The van der Waals surface area contributed by atoms with Crippen LogP contribution in [0, 0.1) is 16.2 Å². The molecule has 0 aromatic rings. The molecule has 1 atom stereocenters. The Morgan fingerprint density at radius 3 is 2.12 bits per heavy atom. The fourth-order valence-electron chi connectivity index (χ4n) is 4.39. The van der Waals surface area contributed by atoms with Gasteiger partial charge in [0.15, 0.2) is 0 Å². The maximum absolute atomic E-state index is 4.40. The van der Waals surface area contributed by atoms with E-state index in [4.69, 9.17) is 0 Å². The summed E-state index contributed by atoms with van der Waals surface area (Å²) < 4.78 is 0. The van der Waals surface area contributed by atoms with Crippen molar-refractivity contribution in [2.24, 2.45) is 21.3 Å². The Labute approximate surface area is 204 Å². The molecule has 0 aromatic carbocycles. The third kappa shape index (κ3) is 10.0.